The Morgan fingerprint density at radius 1 is 1.18 bits per heavy atom. The summed E-state index contributed by atoms with van der Waals surface area (Å²) in [7, 11) is 0. The van der Waals surface area contributed by atoms with Gasteiger partial charge in [-0.1, -0.05) is 69.3 Å². The zero-order chi connectivity index (χ0) is 23.3. The summed E-state index contributed by atoms with van der Waals surface area (Å²) in [4.78, 5) is 25.9. The normalized spacial score (nSPS) is 15.9. The Hall–Kier alpha value is -2.86. The number of unbranched alkanes of at least 4 members (excludes halogenated alkanes) is 2. The highest BCUT2D eigenvalue weighted by atomic mass is 32.2. The molecule has 4 rings (SSSR count). The molecule has 1 fully saturated rings. The van der Waals surface area contributed by atoms with Crippen molar-refractivity contribution in [2.45, 2.75) is 82.0 Å². The number of hydrogen-bond donors (Lipinski definition) is 1. The smallest absolute Gasteiger partial charge is 0.262 e. The van der Waals surface area contributed by atoms with Gasteiger partial charge < -0.3 is 5.32 Å². The minimum atomic E-state index is -0.770. The molecule has 1 aliphatic carbocycles. The van der Waals surface area contributed by atoms with E-state index in [1.54, 1.807) is 4.57 Å². The van der Waals surface area contributed by atoms with E-state index < -0.39 is 5.54 Å². The lowest BCUT2D eigenvalue weighted by Gasteiger charge is -2.26. The quantitative estimate of drug-likeness (QED) is 0.305. The predicted octanol–water partition coefficient (Wildman–Crippen LogP) is 4.06. The number of benzene rings is 1. The molecule has 9 heteroatoms. The molecule has 0 radical (unpaired) electrons. The summed E-state index contributed by atoms with van der Waals surface area (Å²) in [6.45, 7) is 2.70. The summed E-state index contributed by atoms with van der Waals surface area (Å²) in [5, 5.41) is 22.5. The van der Waals surface area contributed by atoms with E-state index in [9.17, 15) is 14.9 Å². The number of hydrogen-bond acceptors (Lipinski definition) is 6. The fraction of sp³-hybridized carbons (Fsp3) is 0.542. The molecule has 1 amide bonds. The average molecular weight is 467 g/mol. The van der Waals surface area contributed by atoms with Gasteiger partial charge in [0.15, 0.2) is 5.16 Å². The van der Waals surface area contributed by atoms with Crippen molar-refractivity contribution in [2.24, 2.45) is 0 Å². The van der Waals surface area contributed by atoms with Crippen LogP contribution in [0.15, 0.2) is 34.2 Å². The second kappa shape index (κ2) is 10.4. The summed E-state index contributed by atoms with van der Waals surface area (Å²) in [5.74, 6) is 0.448. The fourth-order valence-electron chi connectivity index (χ4n) is 4.58. The topological polar surface area (TPSA) is 105 Å². The maximum Gasteiger partial charge on any atom is 0.262 e. The molecule has 1 aromatic carbocycles. The van der Waals surface area contributed by atoms with Gasteiger partial charge in [-0.25, -0.2) is 0 Å². The Labute approximate surface area is 197 Å². The lowest BCUT2D eigenvalue weighted by atomic mass is 9.92. The Morgan fingerprint density at radius 2 is 1.94 bits per heavy atom. The van der Waals surface area contributed by atoms with E-state index in [1.165, 1.54) is 11.8 Å². The minimum Gasteiger partial charge on any atom is -0.337 e. The van der Waals surface area contributed by atoms with Crippen LogP contribution in [0.4, 0.5) is 0 Å². The molecule has 33 heavy (non-hydrogen) atoms. The summed E-state index contributed by atoms with van der Waals surface area (Å²) >= 11 is 1.28. The molecule has 2 aromatic heterocycles. The Kier molecular flexibility index (Phi) is 7.33. The van der Waals surface area contributed by atoms with Crippen molar-refractivity contribution < 1.29 is 4.79 Å². The highest BCUT2D eigenvalue weighted by Crippen LogP contribution is 2.27. The van der Waals surface area contributed by atoms with E-state index in [0.717, 1.165) is 50.5 Å². The van der Waals surface area contributed by atoms with Gasteiger partial charge in [0.05, 0.1) is 22.7 Å². The Bertz CT molecular complexity index is 1230. The molecule has 0 unspecified atom stereocenters. The zero-order valence-corrected chi connectivity index (χ0v) is 19.9. The first-order chi connectivity index (χ1) is 16.1. The maximum absolute atomic E-state index is 13.1. The predicted molar refractivity (Wildman–Crippen MR) is 129 cm³/mol. The largest absolute Gasteiger partial charge is 0.337 e. The number of aromatic nitrogens is 4. The van der Waals surface area contributed by atoms with E-state index in [4.69, 9.17) is 0 Å². The summed E-state index contributed by atoms with van der Waals surface area (Å²) < 4.78 is 3.55. The molecule has 174 valence electrons. The van der Waals surface area contributed by atoms with Crippen LogP contribution in [0.5, 0.6) is 0 Å². The van der Waals surface area contributed by atoms with Crippen LogP contribution in [0.25, 0.3) is 16.7 Å². The number of nitriles is 1. The van der Waals surface area contributed by atoms with Gasteiger partial charge in [-0.3, -0.25) is 18.6 Å². The molecule has 1 aliphatic rings. The van der Waals surface area contributed by atoms with Crippen LogP contribution in [-0.2, 0) is 11.3 Å². The molecule has 3 aromatic rings. The monoisotopic (exact) mass is 466 g/mol. The van der Waals surface area contributed by atoms with Crippen LogP contribution < -0.4 is 10.9 Å². The highest BCUT2D eigenvalue weighted by molar-refractivity contribution is 7.99. The first kappa shape index (κ1) is 23.3. The van der Waals surface area contributed by atoms with Crippen LogP contribution in [0.1, 0.15) is 64.7 Å². The van der Waals surface area contributed by atoms with Gasteiger partial charge >= 0.3 is 0 Å². The minimum absolute atomic E-state index is 0.0692. The third-order valence-electron chi connectivity index (χ3n) is 6.35. The first-order valence-electron chi connectivity index (χ1n) is 11.8. The molecule has 2 heterocycles. The van der Waals surface area contributed by atoms with Crippen molar-refractivity contribution >= 4 is 34.3 Å². The van der Waals surface area contributed by atoms with Gasteiger partial charge in [-0.05, 0) is 31.4 Å². The molecule has 0 atom stereocenters. The lowest BCUT2D eigenvalue weighted by Crippen LogP contribution is -2.47. The van der Waals surface area contributed by atoms with Crippen LogP contribution in [0, 0.1) is 11.3 Å². The lowest BCUT2D eigenvalue weighted by molar-refractivity contribution is -0.120. The van der Waals surface area contributed by atoms with E-state index in [1.807, 2.05) is 28.7 Å². The standard InChI is InChI=1S/C24H30N6O2S/c1-2-3-10-15-29-21(32)18-11-6-7-12-19(18)30-22(29)27-28-23(30)33-16-20(31)26-24(17-25)13-8-4-5-9-14-24/h6-7,11-12H,2-5,8-10,13-16H2,1H3,(H,26,31). The van der Waals surface area contributed by atoms with E-state index >= 15 is 0 Å². The third kappa shape index (κ3) is 4.91. The van der Waals surface area contributed by atoms with Crippen LogP contribution >= 0.6 is 11.8 Å². The Morgan fingerprint density at radius 3 is 2.67 bits per heavy atom. The number of rotatable bonds is 8. The second-order valence-corrected chi connectivity index (χ2v) is 9.69. The Balaban J connectivity index is 1.60. The first-order valence-corrected chi connectivity index (χ1v) is 12.8. The zero-order valence-electron chi connectivity index (χ0n) is 19.0. The number of carbonyl (C=O) groups is 1. The molecule has 0 aliphatic heterocycles. The summed E-state index contributed by atoms with van der Waals surface area (Å²) in [6, 6.07) is 9.79. The van der Waals surface area contributed by atoms with Gasteiger partial charge in [0, 0.05) is 6.54 Å². The van der Waals surface area contributed by atoms with Crippen molar-refractivity contribution in [3.8, 4) is 6.07 Å². The molecule has 1 N–H and O–H groups in total. The van der Waals surface area contributed by atoms with E-state index in [0.29, 0.717) is 35.7 Å². The SMILES string of the molecule is CCCCCn1c(=O)c2ccccc2n2c(SCC(=O)NC3(C#N)CCCCCC3)nnc12. The van der Waals surface area contributed by atoms with Crippen LogP contribution in [0.2, 0.25) is 0 Å². The van der Waals surface area contributed by atoms with Gasteiger partial charge in [0.2, 0.25) is 11.7 Å². The molecule has 0 saturated heterocycles. The van der Waals surface area contributed by atoms with Crippen molar-refractivity contribution in [1.29, 1.82) is 5.26 Å². The van der Waals surface area contributed by atoms with Gasteiger partial charge in [-0.15, -0.1) is 10.2 Å². The van der Waals surface area contributed by atoms with Crippen molar-refractivity contribution in [2.75, 3.05) is 5.75 Å². The second-order valence-electron chi connectivity index (χ2n) is 8.74. The van der Waals surface area contributed by atoms with Gasteiger partial charge in [-0.2, -0.15) is 5.26 Å². The van der Waals surface area contributed by atoms with Crippen molar-refractivity contribution in [3.05, 3.63) is 34.6 Å². The number of fused-ring (bicyclic) bond motifs is 3. The van der Waals surface area contributed by atoms with Crippen molar-refractivity contribution in [3.63, 3.8) is 0 Å². The number of nitrogens with one attached hydrogen (secondary N) is 1. The number of para-hydroxylation sites is 1. The number of aryl methyl sites for hydroxylation is 1. The molecule has 0 bridgehead atoms. The molecule has 0 spiro atoms. The van der Waals surface area contributed by atoms with E-state index in [2.05, 4.69) is 28.5 Å². The molecular weight excluding hydrogens is 436 g/mol. The van der Waals surface area contributed by atoms with E-state index in [-0.39, 0.29) is 17.2 Å². The number of carbonyl (C=O) groups excluding carboxylic acids is 1. The van der Waals surface area contributed by atoms with Gasteiger partial charge in [0.25, 0.3) is 5.56 Å². The summed E-state index contributed by atoms with van der Waals surface area (Å²) in [5.41, 5.74) is -0.109. The molecular formula is C24H30N6O2S. The third-order valence-corrected chi connectivity index (χ3v) is 7.27. The number of thioether (sulfide) groups is 1. The average Bonchev–Trinajstić information content (AvgIpc) is 3.11. The van der Waals surface area contributed by atoms with Crippen molar-refractivity contribution in [1.82, 2.24) is 24.5 Å². The number of nitrogens with zero attached hydrogens (tertiary/aromatic N) is 5. The fourth-order valence-corrected chi connectivity index (χ4v) is 5.32. The van der Waals surface area contributed by atoms with Crippen LogP contribution in [-0.4, -0.2) is 36.4 Å². The molecule has 8 nitrogen and oxygen atoms in total. The van der Waals surface area contributed by atoms with Gasteiger partial charge in [0.1, 0.15) is 5.54 Å². The summed E-state index contributed by atoms with van der Waals surface area (Å²) in [6.07, 6.45) is 8.49. The van der Waals surface area contributed by atoms with Crippen LogP contribution in [0.3, 0.4) is 0 Å². The highest BCUT2D eigenvalue weighted by Gasteiger charge is 2.32. The maximum atomic E-state index is 13.1. The molecule has 1 saturated carbocycles. The number of amides is 1.